The van der Waals surface area contributed by atoms with Crippen molar-refractivity contribution in [2.45, 2.75) is 18.7 Å². The Balaban J connectivity index is 1.79. The van der Waals surface area contributed by atoms with Crippen LogP contribution in [-0.4, -0.2) is 19.7 Å². The molecule has 2 N–H and O–H groups in total. The maximum Gasteiger partial charge on any atom is 0.261 e. The fraction of sp³-hybridized carbons (Fsp3) is 0.0952. The second-order valence-electron chi connectivity index (χ2n) is 6.44. The molecule has 0 heterocycles. The normalized spacial score (nSPS) is 11.7. The Hall–Kier alpha value is -2.64. The van der Waals surface area contributed by atoms with Gasteiger partial charge in [-0.3, -0.25) is 9.71 Å². The largest absolute Gasteiger partial charge is 0.507 e. The van der Waals surface area contributed by atoms with Crippen LogP contribution >= 0.6 is 15.9 Å². The maximum atomic E-state index is 12.6. The topological polar surface area (TPSA) is 78.8 Å². The third-order valence-electron chi connectivity index (χ3n) is 3.96. The molecule has 0 atom stereocenters. The van der Waals surface area contributed by atoms with E-state index >= 15 is 0 Å². The Morgan fingerprint density at radius 2 is 1.61 bits per heavy atom. The first-order chi connectivity index (χ1) is 13.2. The highest BCUT2D eigenvalue weighted by molar-refractivity contribution is 9.10. The van der Waals surface area contributed by atoms with Gasteiger partial charge < -0.3 is 5.11 Å². The zero-order chi connectivity index (χ0) is 20.3. The van der Waals surface area contributed by atoms with E-state index in [9.17, 15) is 13.5 Å². The number of halogens is 1. The number of phenolic OH excluding ortho intramolecular Hbond substituents is 1. The molecule has 3 aromatic rings. The lowest BCUT2D eigenvalue weighted by molar-refractivity contribution is 0.474. The van der Waals surface area contributed by atoms with Gasteiger partial charge >= 0.3 is 0 Å². The zero-order valence-electron chi connectivity index (χ0n) is 15.3. The number of phenols is 1. The quantitative estimate of drug-likeness (QED) is 0.507. The molecule has 28 heavy (non-hydrogen) atoms. The van der Waals surface area contributed by atoms with Crippen LogP contribution in [0, 0.1) is 13.8 Å². The lowest BCUT2D eigenvalue weighted by Crippen LogP contribution is -2.13. The SMILES string of the molecule is Cc1cc(C)cc(NS(=O)(=O)c2ccc(N=Cc3cc(Br)ccc3O)cc2)c1. The standard InChI is InChI=1S/C21H19BrN2O3S/c1-14-9-15(2)11-19(10-14)24-28(26,27)20-6-4-18(5-7-20)23-13-16-12-17(22)3-8-21(16)25/h3-13,24-25H,1-2H3. The molecule has 144 valence electrons. The first-order valence-corrected chi connectivity index (χ1v) is 10.7. The molecule has 5 nitrogen and oxygen atoms in total. The number of hydrogen-bond donors (Lipinski definition) is 2. The predicted molar refractivity (Wildman–Crippen MR) is 116 cm³/mol. The Morgan fingerprint density at radius 3 is 2.25 bits per heavy atom. The van der Waals surface area contributed by atoms with Crippen LogP contribution in [-0.2, 0) is 10.0 Å². The molecular weight excluding hydrogens is 440 g/mol. The van der Waals surface area contributed by atoms with Crippen LogP contribution in [0.1, 0.15) is 16.7 Å². The number of anilines is 1. The van der Waals surface area contributed by atoms with E-state index in [1.54, 1.807) is 42.5 Å². The third-order valence-corrected chi connectivity index (χ3v) is 5.85. The van der Waals surface area contributed by atoms with Crippen LogP contribution in [0.15, 0.2) is 75.0 Å². The summed E-state index contributed by atoms with van der Waals surface area (Å²) >= 11 is 3.34. The number of sulfonamides is 1. The number of nitrogens with zero attached hydrogens (tertiary/aromatic N) is 1. The molecule has 0 aliphatic heterocycles. The van der Waals surface area contributed by atoms with Crippen molar-refractivity contribution in [3.05, 3.63) is 81.8 Å². The smallest absolute Gasteiger partial charge is 0.261 e. The number of benzene rings is 3. The van der Waals surface area contributed by atoms with E-state index in [4.69, 9.17) is 0 Å². The van der Waals surface area contributed by atoms with Gasteiger partial charge in [0, 0.05) is 21.9 Å². The van der Waals surface area contributed by atoms with Crippen LogP contribution in [0.4, 0.5) is 11.4 Å². The van der Waals surface area contributed by atoms with Crippen LogP contribution in [0.25, 0.3) is 0 Å². The fourth-order valence-electron chi connectivity index (χ4n) is 2.73. The minimum atomic E-state index is -3.69. The molecule has 0 aliphatic carbocycles. The van der Waals surface area contributed by atoms with Crippen LogP contribution in [0.2, 0.25) is 0 Å². The number of nitrogens with one attached hydrogen (secondary N) is 1. The highest BCUT2D eigenvalue weighted by atomic mass is 79.9. The van der Waals surface area contributed by atoms with E-state index < -0.39 is 10.0 Å². The summed E-state index contributed by atoms with van der Waals surface area (Å²) in [6, 6.07) is 16.8. The molecule has 0 spiro atoms. The van der Waals surface area contributed by atoms with Crippen LogP contribution in [0.5, 0.6) is 5.75 Å². The molecule has 3 rings (SSSR count). The second-order valence-corrected chi connectivity index (χ2v) is 9.04. The van der Waals surface area contributed by atoms with Gasteiger partial charge in [0.15, 0.2) is 0 Å². The summed E-state index contributed by atoms with van der Waals surface area (Å²) in [4.78, 5) is 4.44. The summed E-state index contributed by atoms with van der Waals surface area (Å²) in [5, 5.41) is 9.84. The van der Waals surface area contributed by atoms with E-state index in [0.717, 1.165) is 15.6 Å². The Morgan fingerprint density at radius 1 is 0.964 bits per heavy atom. The number of aromatic hydroxyl groups is 1. The summed E-state index contributed by atoms with van der Waals surface area (Å²) < 4.78 is 28.6. The van der Waals surface area contributed by atoms with Gasteiger partial charge in [0.2, 0.25) is 0 Å². The van der Waals surface area contributed by atoms with Crippen molar-refractivity contribution in [1.29, 1.82) is 0 Å². The van der Waals surface area contributed by atoms with Gasteiger partial charge in [-0.25, -0.2) is 8.42 Å². The summed E-state index contributed by atoms with van der Waals surface area (Å²) in [6.45, 7) is 3.83. The van der Waals surface area contributed by atoms with Crippen molar-refractivity contribution in [3.8, 4) is 5.75 Å². The summed E-state index contributed by atoms with van der Waals surface area (Å²) in [7, 11) is -3.69. The van der Waals surface area contributed by atoms with E-state index in [1.807, 2.05) is 19.9 Å². The van der Waals surface area contributed by atoms with Gasteiger partial charge in [-0.2, -0.15) is 0 Å². The van der Waals surface area contributed by atoms with Gasteiger partial charge in [0.1, 0.15) is 5.75 Å². The Kier molecular flexibility index (Phi) is 5.86. The lowest BCUT2D eigenvalue weighted by atomic mass is 10.1. The van der Waals surface area contributed by atoms with Gasteiger partial charge in [-0.1, -0.05) is 22.0 Å². The van der Waals surface area contributed by atoms with E-state index in [2.05, 4.69) is 25.6 Å². The molecule has 0 fully saturated rings. The summed E-state index contributed by atoms with van der Waals surface area (Å²) in [6.07, 6.45) is 1.53. The molecular formula is C21H19BrN2O3S. The highest BCUT2D eigenvalue weighted by Gasteiger charge is 2.14. The summed E-state index contributed by atoms with van der Waals surface area (Å²) in [5.74, 6) is 0.115. The minimum absolute atomic E-state index is 0.115. The third kappa shape index (κ3) is 4.99. The average molecular weight is 459 g/mol. The predicted octanol–water partition coefficient (Wildman–Crippen LogP) is 5.32. The van der Waals surface area contributed by atoms with Crippen LogP contribution in [0.3, 0.4) is 0 Å². The molecule has 0 radical (unpaired) electrons. The average Bonchev–Trinajstić information content (AvgIpc) is 2.61. The van der Waals surface area contributed by atoms with Gasteiger partial charge in [0.05, 0.1) is 10.6 Å². The monoisotopic (exact) mass is 458 g/mol. The van der Waals surface area contributed by atoms with Crippen molar-refractivity contribution >= 4 is 43.5 Å². The molecule has 0 saturated heterocycles. The lowest BCUT2D eigenvalue weighted by Gasteiger charge is -2.10. The van der Waals surface area contributed by atoms with E-state index in [0.29, 0.717) is 16.9 Å². The second kappa shape index (κ2) is 8.16. The maximum absolute atomic E-state index is 12.6. The van der Waals surface area contributed by atoms with Gasteiger partial charge in [-0.05, 0) is 79.6 Å². The first-order valence-electron chi connectivity index (χ1n) is 8.47. The van der Waals surface area contributed by atoms with Crippen molar-refractivity contribution in [2.75, 3.05) is 4.72 Å². The molecule has 0 unspecified atom stereocenters. The molecule has 0 aliphatic rings. The van der Waals surface area contributed by atoms with Gasteiger partial charge in [-0.15, -0.1) is 0 Å². The first kappa shape index (κ1) is 20.1. The summed E-state index contributed by atoms with van der Waals surface area (Å²) in [5.41, 5.74) is 3.63. The van der Waals surface area contributed by atoms with Gasteiger partial charge in [0.25, 0.3) is 10.0 Å². The fourth-order valence-corrected chi connectivity index (χ4v) is 4.15. The number of rotatable bonds is 5. The van der Waals surface area contributed by atoms with E-state index in [-0.39, 0.29) is 10.6 Å². The minimum Gasteiger partial charge on any atom is -0.507 e. The number of aliphatic imine (C=N–C) groups is 1. The molecule has 0 bridgehead atoms. The van der Waals surface area contributed by atoms with E-state index in [1.165, 1.54) is 18.3 Å². The Labute approximate surface area is 173 Å². The van der Waals surface area contributed by atoms with Crippen molar-refractivity contribution in [1.82, 2.24) is 0 Å². The zero-order valence-corrected chi connectivity index (χ0v) is 17.8. The van der Waals surface area contributed by atoms with Crippen molar-refractivity contribution in [2.24, 2.45) is 4.99 Å². The molecule has 0 aromatic heterocycles. The highest BCUT2D eigenvalue weighted by Crippen LogP contribution is 2.23. The van der Waals surface area contributed by atoms with Crippen molar-refractivity contribution < 1.29 is 13.5 Å². The molecule has 7 heteroatoms. The number of hydrogen-bond acceptors (Lipinski definition) is 4. The van der Waals surface area contributed by atoms with Crippen molar-refractivity contribution in [3.63, 3.8) is 0 Å². The molecule has 0 amide bonds. The van der Waals surface area contributed by atoms with Crippen LogP contribution < -0.4 is 4.72 Å². The Bertz CT molecular complexity index is 1120. The molecule has 0 saturated carbocycles. The molecule has 3 aromatic carbocycles. The number of aryl methyl sites for hydroxylation is 2.